The lowest BCUT2D eigenvalue weighted by atomic mass is 9.62. The van der Waals surface area contributed by atoms with Crippen LogP contribution in [0.5, 0.6) is 0 Å². The maximum atomic E-state index is 5.46. The quantitative estimate of drug-likeness (QED) is 0.184. The van der Waals surface area contributed by atoms with Gasteiger partial charge in [-0.2, -0.15) is 0 Å². The Bertz CT molecular complexity index is 3150. The van der Waals surface area contributed by atoms with Crippen molar-refractivity contribution >= 4 is 65.4 Å². The van der Waals surface area contributed by atoms with Crippen molar-refractivity contribution < 1.29 is 0 Å². The number of hydrogen-bond acceptors (Lipinski definition) is 2. The second-order valence-electron chi connectivity index (χ2n) is 16.5. The molecule has 4 nitrogen and oxygen atoms in total. The van der Waals surface area contributed by atoms with Crippen molar-refractivity contribution in [2.24, 2.45) is 0 Å². The number of para-hydroxylation sites is 3. The van der Waals surface area contributed by atoms with E-state index in [9.17, 15) is 0 Å². The zero-order valence-electron chi connectivity index (χ0n) is 31.1. The summed E-state index contributed by atoms with van der Waals surface area (Å²) in [5.74, 6) is 0.831. The van der Waals surface area contributed by atoms with E-state index in [0.717, 1.165) is 45.6 Å². The lowest BCUT2D eigenvalue weighted by Gasteiger charge is -2.42. The average molecular weight is 697 g/mol. The SMILES string of the molecule is CC1(C)CCC(C)(C)c2c1ccc1c3cc4c5cc6ccccc6cc5n(-c5nc6ccccc6nc5-c5ccccc5)c4cc3n(-c3ccccc3)c21. The van der Waals surface area contributed by atoms with E-state index in [1.807, 2.05) is 12.1 Å². The first-order valence-electron chi connectivity index (χ1n) is 19.1. The van der Waals surface area contributed by atoms with Gasteiger partial charge in [0.1, 0.15) is 5.69 Å². The summed E-state index contributed by atoms with van der Waals surface area (Å²) in [6.07, 6.45) is 2.32. The summed E-state index contributed by atoms with van der Waals surface area (Å²) in [4.78, 5) is 10.8. The summed E-state index contributed by atoms with van der Waals surface area (Å²) >= 11 is 0. The molecule has 0 aliphatic heterocycles. The third kappa shape index (κ3) is 4.43. The number of rotatable bonds is 3. The fourth-order valence-corrected chi connectivity index (χ4v) is 9.44. The lowest BCUT2D eigenvalue weighted by molar-refractivity contribution is 0.334. The van der Waals surface area contributed by atoms with Gasteiger partial charge in [0, 0.05) is 32.8 Å². The zero-order chi connectivity index (χ0) is 36.3. The van der Waals surface area contributed by atoms with Gasteiger partial charge in [-0.1, -0.05) is 125 Å². The second-order valence-corrected chi connectivity index (χ2v) is 16.5. The second kappa shape index (κ2) is 11.1. The number of fused-ring (bicyclic) bond motifs is 10. The van der Waals surface area contributed by atoms with Crippen LogP contribution in [0.25, 0.3) is 88.2 Å². The molecule has 0 fully saturated rings. The molecule has 0 saturated heterocycles. The molecule has 7 aromatic carbocycles. The normalized spacial score (nSPS) is 15.2. The fourth-order valence-electron chi connectivity index (χ4n) is 9.44. The van der Waals surface area contributed by atoms with Gasteiger partial charge in [0.2, 0.25) is 0 Å². The number of nitrogens with zero attached hydrogens (tertiary/aromatic N) is 4. The molecular weight excluding hydrogens is 657 g/mol. The fraction of sp³-hybridized carbons (Fsp3) is 0.160. The number of hydrogen-bond donors (Lipinski definition) is 0. The molecule has 0 bridgehead atoms. The third-order valence-corrected chi connectivity index (χ3v) is 12.3. The first-order valence-corrected chi connectivity index (χ1v) is 19.1. The van der Waals surface area contributed by atoms with Gasteiger partial charge in [0.25, 0.3) is 0 Å². The molecule has 1 aliphatic carbocycles. The molecule has 0 radical (unpaired) electrons. The minimum atomic E-state index is 0.0246. The first kappa shape index (κ1) is 31.3. The topological polar surface area (TPSA) is 35.6 Å². The molecule has 0 saturated carbocycles. The van der Waals surface area contributed by atoms with Crippen LogP contribution in [-0.4, -0.2) is 19.1 Å². The highest BCUT2D eigenvalue weighted by Crippen LogP contribution is 2.51. The monoisotopic (exact) mass is 696 g/mol. The Labute approximate surface area is 314 Å². The molecule has 10 aromatic rings. The van der Waals surface area contributed by atoms with Crippen LogP contribution in [0.15, 0.2) is 146 Å². The van der Waals surface area contributed by atoms with E-state index in [2.05, 4.69) is 170 Å². The molecule has 11 rings (SSSR count). The van der Waals surface area contributed by atoms with Crippen LogP contribution in [-0.2, 0) is 10.8 Å². The lowest BCUT2D eigenvalue weighted by Crippen LogP contribution is -2.34. The van der Waals surface area contributed by atoms with Crippen molar-refractivity contribution in [2.45, 2.75) is 51.4 Å². The van der Waals surface area contributed by atoms with E-state index in [4.69, 9.17) is 9.97 Å². The maximum absolute atomic E-state index is 5.46. The Kier molecular flexibility index (Phi) is 6.45. The minimum Gasteiger partial charge on any atom is -0.309 e. The zero-order valence-corrected chi connectivity index (χ0v) is 31.1. The predicted octanol–water partition coefficient (Wildman–Crippen LogP) is 13.0. The standard InChI is InChI=1S/C50H40N4/c1-49(2)25-26-50(3,4)45-39(49)24-23-35-37-29-38-36-27-32-17-11-12-18-33(32)28-42(36)54(44(38)30-43(37)53(47(35)45)34-19-9-6-10-20-34)48-46(31-15-7-5-8-16-31)51-40-21-13-14-22-41(40)52-48/h5-24,27-30H,25-26H2,1-4H3. The average Bonchev–Trinajstić information content (AvgIpc) is 3.69. The van der Waals surface area contributed by atoms with Crippen LogP contribution >= 0.6 is 0 Å². The van der Waals surface area contributed by atoms with Crippen LogP contribution in [0.2, 0.25) is 0 Å². The Hall–Kier alpha value is -6.26. The molecular formula is C50H40N4. The molecule has 4 heteroatoms. The summed E-state index contributed by atoms with van der Waals surface area (Å²) in [7, 11) is 0. The van der Waals surface area contributed by atoms with E-state index in [-0.39, 0.29) is 10.8 Å². The van der Waals surface area contributed by atoms with Crippen LogP contribution in [0.1, 0.15) is 51.7 Å². The molecule has 0 spiro atoms. The van der Waals surface area contributed by atoms with E-state index in [1.165, 1.54) is 66.6 Å². The smallest absolute Gasteiger partial charge is 0.165 e. The van der Waals surface area contributed by atoms with Gasteiger partial charge in [-0.05, 0) is 94.1 Å². The van der Waals surface area contributed by atoms with Gasteiger partial charge in [0.05, 0.1) is 33.1 Å². The van der Waals surface area contributed by atoms with Crippen LogP contribution in [0.4, 0.5) is 0 Å². The third-order valence-electron chi connectivity index (χ3n) is 12.3. The summed E-state index contributed by atoms with van der Waals surface area (Å²) < 4.78 is 4.93. The van der Waals surface area contributed by atoms with E-state index in [1.54, 1.807) is 0 Å². The van der Waals surface area contributed by atoms with Crippen molar-refractivity contribution in [3.8, 4) is 22.8 Å². The van der Waals surface area contributed by atoms with Crippen molar-refractivity contribution in [1.29, 1.82) is 0 Å². The summed E-state index contributed by atoms with van der Waals surface area (Å²) in [6, 6.07) is 52.8. The van der Waals surface area contributed by atoms with Crippen molar-refractivity contribution in [2.75, 3.05) is 0 Å². The van der Waals surface area contributed by atoms with E-state index in [0.29, 0.717) is 0 Å². The van der Waals surface area contributed by atoms with Crippen LogP contribution < -0.4 is 0 Å². The minimum absolute atomic E-state index is 0.0246. The molecule has 0 unspecified atom stereocenters. The summed E-state index contributed by atoms with van der Waals surface area (Å²) in [5.41, 5.74) is 12.7. The van der Waals surface area contributed by atoms with Crippen LogP contribution in [0, 0.1) is 0 Å². The van der Waals surface area contributed by atoms with Gasteiger partial charge < -0.3 is 4.57 Å². The molecule has 1 aliphatic rings. The molecule has 54 heavy (non-hydrogen) atoms. The Morgan fingerprint density at radius 3 is 1.81 bits per heavy atom. The largest absolute Gasteiger partial charge is 0.309 e. The molecule has 0 amide bonds. The Morgan fingerprint density at radius 2 is 1.06 bits per heavy atom. The summed E-state index contributed by atoms with van der Waals surface area (Å²) in [6.45, 7) is 9.73. The molecule has 3 aromatic heterocycles. The Balaban J connectivity index is 1.36. The van der Waals surface area contributed by atoms with Gasteiger partial charge in [-0.15, -0.1) is 0 Å². The number of aromatic nitrogens is 4. The number of benzene rings is 7. The van der Waals surface area contributed by atoms with Crippen molar-refractivity contribution in [1.82, 2.24) is 19.1 Å². The summed E-state index contributed by atoms with van der Waals surface area (Å²) in [5, 5.41) is 7.41. The van der Waals surface area contributed by atoms with Crippen molar-refractivity contribution in [3.05, 3.63) is 157 Å². The highest BCUT2D eigenvalue weighted by Gasteiger charge is 2.39. The molecule has 260 valence electrons. The Morgan fingerprint density at radius 1 is 0.481 bits per heavy atom. The van der Waals surface area contributed by atoms with E-state index >= 15 is 0 Å². The van der Waals surface area contributed by atoms with Gasteiger partial charge in [0.15, 0.2) is 5.82 Å². The van der Waals surface area contributed by atoms with E-state index < -0.39 is 0 Å². The highest BCUT2D eigenvalue weighted by atomic mass is 15.1. The van der Waals surface area contributed by atoms with Gasteiger partial charge >= 0.3 is 0 Å². The molecule has 0 N–H and O–H groups in total. The van der Waals surface area contributed by atoms with Gasteiger partial charge in [-0.3, -0.25) is 4.57 Å². The molecule has 3 heterocycles. The van der Waals surface area contributed by atoms with Crippen LogP contribution in [0.3, 0.4) is 0 Å². The van der Waals surface area contributed by atoms with Gasteiger partial charge in [-0.25, -0.2) is 9.97 Å². The predicted molar refractivity (Wildman–Crippen MR) is 226 cm³/mol. The molecule has 0 atom stereocenters. The maximum Gasteiger partial charge on any atom is 0.165 e. The van der Waals surface area contributed by atoms with Crippen molar-refractivity contribution in [3.63, 3.8) is 0 Å². The highest BCUT2D eigenvalue weighted by molar-refractivity contribution is 6.21. The first-order chi connectivity index (χ1) is 26.3.